The van der Waals surface area contributed by atoms with Crippen LogP contribution in [0.25, 0.3) is 0 Å². The number of rotatable bonds is 5. The Morgan fingerprint density at radius 3 is 2.72 bits per heavy atom. The first kappa shape index (κ1) is 12.4. The van der Waals surface area contributed by atoms with E-state index in [-0.39, 0.29) is 11.9 Å². The van der Waals surface area contributed by atoms with Crippen LogP contribution in [0.3, 0.4) is 0 Å². The van der Waals surface area contributed by atoms with Gasteiger partial charge in [-0.05, 0) is 18.1 Å². The molecular weight excluding hydrogens is 228 g/mol. The Kier molecular flexibility index (Phi) is 4.15. The molecule has 1 amide bonds. The number of carbonyl (C=O) groups excluding carboxylic acids is 1. The van der Waals surface area contributed by atoms with Crippen LogP contribution < -0.4 is 11.1 Å². The van der Waals surface area contributed by atoms with Gasteiger partial charge in [0.25, 0.3) is 5.91 Å². The van der Waals surface area contributed by atoms with E-state index >= 15 is 0 Å². The van der Waals surface area contributed by atoms with Gasteiger partial charge < -0.3 is 15.5 Å². The number of nitrogens with one attached hydrogen (secondary N) is 1. The third-order valence-electron chi connectivity index (χ3n) is 2.75. The molecule has 2 aromatic rings. The van der Waals surface area contributed by atoms with Gasteiger partial charge in [0, 0.05) is 12.6 Å². The number of hydrogen-bond donors (Lipinski definition) is 2. The highest BCUT2D eigenvalue weighted by Gasteiger charge is 2.08. The molecule has 0 bridgehead atoms. The van der Waals surface area contributed by atoms with E-state index in [1.807, 2.05) is 30.3 Å². The molecule has 0 saturated heterocycles. The molecule has 1 aromatic carbocycles. The molecule has 0 spiro atoms. The molecule has 1 aromatic heterocycles. The summed E-state index contributed by atoms with van der Waals surface area (Å²) in [4.78, 5) is 11.6. The minimum atomic E-state index is -0.135. The molecule has 1 atom stereocenters. The summed E-state index contributed by atoms with van der Waals surface area (Å²) in [6, 6.07) is 11.4. The van der Waals surface area contributed by atoms with Crippen LogP contribution in [0.5, 0.6) is 0 Å². The molecule has 0 radical (unpaired) electrons. The maximum atomic E-state index is 11.6. The number of carbonyl (C=O) groups is 1. The fraction of sp³-hybridized carbons (Fsp3) is 0.214. The zero-order valence-corrected chi connectivity index (χ0v) is 10.0. The Morgan fingerprint density at radius 2 is 2.06 bits per heavy atom. The first-order valence-electron chi connectivity index (χ1n) is 5.88. The summed E-state index contributed by atoms with van der Waals surface area (Å²) in [5.74, 6) is -0.135. The van der Waals surface area contributed by atoms with Crippen molar-refractivity contribution in [1.82, 2.24) is 5.32 Å². The van der Waals surface area contributed by atoms with E-state index < -0.39 is 0 Å². The van der Waals surface area contributed by atoms with E-state index in [1.165, 1.54) is 12.5 Å². The minimum Gasteiger partial charge on any atom is -0.472 e. The van der Waals surface area contributed by atoms with Crippen LogP contribution in [0, 0.1) is 0 Å². The molecule has 0 aliphatic carbocycles. The second-order valence-corrected chi connectivity index (χ2v) is 4.07. The smallest absolute Gasteiger partial charge is 0.254 e. The second kappa shape index (κ2) is 6.02. The fourth-order valence-electron chi connectivity index (χ4n) is 1.70. The first-order chi connectivity index (χ1) is 8.77. The Hall–Kier alpha value is -2.07. The Bertz CT molecular complexity index is 480. The second-order valence-electron chi connectivity index (χ2n) is 4.07. The van der Waals surface area contributed by atoms with Crippen LogP contribution >= 0.6 is 0 Å². The topological polar surface area (TPSA) is 68.3 Å². The molecule has 1 heterocycles. The fourth-order valence-corrected chi connectivity index (χ4v) is 1.70. The van der Waals surface area contributed by atoms with Crippen LogP contribution in [0.1, 0.15) is 28.4 Å². The molecule has 3 N–H and O–H groups in total. The highest BCUT2D eigenvalue weighted by molar-refractivity contribution is 5.93. The SMILES string of the molecule is NC(CCNC(=O)c1ccoc1)c1ccccc1. The lowest BCUT2D eigenvalue weighted by atomic mass is 10.1. The van der Waals surface area contributed by atoms with E-state index in [2.05, 4.69) is 5.32 Å². The number of hydrogen-bond acceptors (Lipinski definition) is 3. The van der Waals surface area contributed by atoms with Crippen molar-refractivity contribution in [2.45, 2.75) is 12.5 Å². The summed E-state index contributed by atoms with van der Waals surface area (Å²) in [6.45, 7) is 0.542. The van der Waals surface area contributed by atoms with Crippen molar-refractivity contribution in [3.8, 4) is 0 Å². The molecule has 4 nitrogen and oxygen atoms in total. The molecule has 2 rings (SSSR count). The molecular formula is C14H16N2O2. The number of amides is 1. The Morgan fingerprint density at radius 1 is 1.28 bits per heavy atom. The molecule has 1 unspecified atom stereocenters. The standard InChI is InChI=1S/C14H16N2O2/c15-13(11-4-2-1-3-5-11)6-8-16-14(17)12-7-9-18-10-12/h1-5,7,9-10,13H,6,8,15H2,(H,16,17). The van der Waals surface area contributed by atoms with Gasteiger partial charge in [-0.15, -0.1) is 0 Å². The number of furan rings is 1. The van der Waals surface area contributed by atoms with Crippen LogP contribution in [0.15, 0.2) is 53.3 Å². The van der Waals surface area contributed by atoms with E-state index in [1.54, 1.807) is 6.07 Å². The minimum absolute atomic E-state index is 0.0594. The summed E-state index contributed by atoms with van der Waals surface area (Å²) in [6.07, 6.45) is 3.60. The predicted molar refractivity (Wildman–Crippen MR) is 69.0 cm³/mol. The van der Waals surface area contributed by atoms with Crippen LogP contribution in [-0.2, 0) is 0 Å². The Labute approximate surface area is 106 Å². The van der Waals surface area contributed by atoms with Crippen molar-refractivity contribution >= 4 is 5.91 Å². The average Bonchev–Trinajstić information content (AvgIpc) is 2.93. The average molecular weight is 244 g/mol. The normalized spacial score (nSPS) is 12.1. The van der Waals surface area contributed by atoms with Gasteiger partial charge in [-0.25, -0.2) is 0 Å². The van der Waals surface area contributed by atoms with Crippen molar-refractivity contribution in [3.63, 3.8) is 0 Å². The summed E-state index contributed by atoms with van der Waals surface area (Å²) >= 11 is 0. The van der Waals surface area contributed by atoms with Crippen LogP contribution in [0.4, 0.5) is 0 Å². The van der Waals surface area contributed by atoms with Gasteiger partial charge in [-0.3, -0.25) is 4.79 Å². The van der Waals surface area contributed by atoms with Crippen LogP contribution in [0.2, 0.25) is 0 Å². The van der Waals surface area contributed by atoms with E-state index in [0.29, 0.717) is 18.5 Å². The summed E-state index contributed by atoms with van der Waals surface area (Å²) in [5.41, 5.74) is 7.64. The molecule has 0 fully saturated rings. The molecule has 4 heteroatoms. The van der Waals surface area contributed by atoms with Crippen molar-refractivity contribution < 1.29 is 9.21 Å². The monoisotopic (exact) mass is 244 g/mol. The highest BCUT2D eigenvalue weighted by atomic mass is 16.3. The quantitative estimate of drug-likeness (QED) is 0.846. The third kappa shape index (κ3) is 3.21. The van der Waals surface area contributed by atoms with Crippen molar-refractivity contribution in [1.29, 1.82) is 0 Å². The molecule has 18 heavy (non-hydrogen) atoms. The van der Waals surface area contributed by atoms with Crippen molar-refractivity contribution in [2.75, 3.05) is 6.54 Å². The maximum Gasteiger partial charge on any atom is 0.254 e. The van der Waals surface area contributed by atoms with E-state index in [4.69, 9.17) is 10.2 Å². The van der Waals surface area contributed by atoms with E-state index in [9.17, 15) is 4.79 Å². The molecule has 0 saturated carbocycles. The van der Waals surface area contributed by atoms with Gasteiger partial charge in [0.15, 0.2) is 0 Å². The number of nitrogens with two attached hydrogens (primary N) is 1. The largest absolute Gasteiger partial charge is 0.472 e. The molecule has 0 aliphatic rings. The zero-order chi connectivity index (χ0) is 12.8. The van der Waals surface area contributed by atoms with Gasteiger partial charge in [0.2, 0.25) is 0 Å². The van der Waals surface area contributed by atoms with Gasteiger partial charge in [0.05, 0.1) is 11.8 Å². The van der Waals surface area contributed by atoms with Gasteiger partial charge >= 0.3 is 0 Å². The lowest BCUT2D eigenvalue weighted by Gasteiger charge is -2.12. The lowest BCUT2D eigenvalue weighted by molar-refractivity contribution is 0.0952. The first-order valence-corrected chi connectivity index (χ1v) is 5.88. The molecule has 0 aliphatic heterocycles. The van der Waals surface area contributed by atoms with Crippen molar-refractivity contribution in [3.05, 3.63) is 60.1 Å². The Balaban J connectivity index is 1.77. The van der Waals surface area contributed by atoms with Crippen molar-refractivity contribution in [2.24, 2.45) is 5.73 Å². The van der Waals surface area contributed by atoms with Crippen LogP contribution in [-0.4, -0.2) is 12.5 Å². The zero-order valence-electron chi connectivity index (χ0n) is 10.0. The summed E-state index contributed by atoms with van der Waals surface area (Å²) in [5, 5.41) is 2.81. The number of benzene rings is 1. The molecule has 94 valence electrons. The van der Waals surface area contributed by atoms with Gasteiger partial charge in [0.1, 0.15) is 6.26 Å². The highest BCUT2D eigenvalue weighted by Crippen LogP contribution is 2.12. The van der Waals surface area contributed by atoms with Gasteiger partial charge in [-0.1, -0.05) is 30.3 Å². The van der Waals surface area contributed by atoms with E-state index in [0.717, 1.165) is 5.56 Å². The maximum absolute atomic E-state index is 11.6. The summed E-state index contributed by atoms with van der Waals surface area (Å²) in [7, 11) is 0. The third-order valence-corrected chi connectivity index (χ3v) is 2.75. The summed E-state index contributed by atoms with van der Waals surface area (Å²) < 4.78 is 4.85. The van der Waals surface area contributed by atoms with Gasteiger partial charge in [-0.2, -0.15) is 0 Å². The predicted octanol–water partition coefficient (Wildman–Crippen LogP) is 2.10. The lowest BCUT2D eigenvalue weighted by Crippen LogP contribution is -2.26.